The lowest BCUT2D eigenvalue weighted by molar-refractivity contribution is 0.181. The fraction of sp³-hybridized carbons (Fsp3) is 0.692. The van der Waals surface area contributed by atoms with Crippen molar-refractivity contribution in [3.63, 3.8) is 0 Å². The summed E-state index contributed by atoms with van der Waals surface area (Å²) >= 11 is 1.74. The van der Waals surface area contributed by atoms with Crippen LogP contribution in [0.2, 0.25) is 0 Å². The second-order valence-corrected chi connectivity index (χ2v) is 6.00. The van der Waals surface area contributed by atoms with E-state index in [0.717, 1.165) is 25.9 Å². The van der Waals surface area contributed by atoms with Crippen molar-refractivity contribution in [2.45, 2.75) is 38.5 Å². The second kappa shape index (κ2) is 5.69. The van der Waals surface area contributed by atoms with Gasteiger partial charge in [0.2, 0.25) is 0 Å². The maximum atomic E-state index is 11.7. The Morgan fingerprint density at radius 1 is 1.61 bits per heavy atom. The molecule has 1 aromatic rings. The standard InChI is InChI=1S/C13H21N3OS/c1-9(2)11-8-18-12(15-11)10-5-4-6-16(7-10)13(17)14-3/h8-10H,4-7H2,1-3H3,(H,14,17)/t10-/m0/s1. The molecule has 0 aliphatic carbocycles. The van der Waals surface area contributed by atoms with E-state index in [1.165, 1.54) is 10.7 Å². The van der Waals surface area contributed by atoms with E-state index in [9.17, 15) is 4.79 Å². The molecule has 2 heterocycles. The number of piperidine rings is 1. The molecule has 2 amide bonds. The van der Waals surface area contributed by atoms with Gasteiger partial charge in [0.1, 0.15) is 0 Å². The van der Waals surface area contributed by atoms with Gasteiger partial charge < -0.3 is 10.2 Å². The highest BCUT2D eigenvalue weighted by molar-refractivity contribution is 7.09. The van der Waals surface area contributed by atoms with E-state index < -0.39 is 0 Å². The number of urea groups is 1. The maximum Gasteiger partial charge on any atom is 0.317 e. The fourth-order valence-electron chi connectivity index (χ4n) is 2.27. The largest absolute Gasteiger partial charge is 0.341 e. The van der Waals surface area contributed by atoms with Gasteiger partial charge in [-0.15, -0.1) is 11.3 Å². The molecule has 1 aliphatic rings. The Labute approximate surface area is 112 Å². The summed E-state index contributed by atoms with van der Waals surface area (Å²) in [5.74, 6) is 0.891. The molecule has 1 atom stereocenters. The predicted octanol–water partition coefficient (Wildman–Crippen LogP) is 2.79. The molecular formula is C13H21N3OS. The molecule has 1 aliphatic heterocycles. The highest BCUT2D eigenvalue weighted by Crippen LogP contribution is 2.30. The van der Waals surface area contributed by atoms with Crippen molar-refractivity contribution in [2.24, 2.45) is 0 Å². The maximum absolute atomic E-state index is 11.7. The van der Waals surface area contributed by atoms with Crippen LogP contribution in [0.15, 0.2) is 5.38 Å². The smallest absolute Gasteiger partial charge is 0.317 e. The first-order valence-corrected chi connectivity index (χ1v) is 7.41. The number of nitrogens with one attached hydrogen (secondary N) is 1. The van der Waals surface area contributed by atoms with Crippen LogP contribution < -0.4 is 5.32 Å². The van der Waals surface area contributed by atoms with E-state index in [1.54, 1.807) is 18.4 Å². The van der Waals surface area contributed by atoms with Crippen molar-refractivity contribution < 1.29 is 4.79 Å². The van der Waals surface area contributed by atoms with Crippen molar-refractivity contribution >= 4 is 17.4 Å². The molecule has 0 unspecified atom stereocenters. The molecule has 100 valence electrons. The Bertz CT molecular complexity index is 416. The van der Waals surface area contributed by atoms with Crippen LogP contribution in [0.25, 0.3) is 0 Å². The van der Waals surface area contributed by atoms with Gasteiger partial charge in [0.05, 0.1) is 10.7 Å². The lowest BCUT2D eigenvalue weighted by Gasteiger charge is -2.31. The minimum atomic E-state index is 0.0281. The average molecular weight is 267 g/mol. The second-order valence-electron chi connectivity index (χ2n) is 5.11. The third kappa shape index (κ3) is 2.83. The molecular weight excluding hydrogens is 246 g/mol. The zero-order valence-electron chi connectivity index (χ0n) is 11.3. The summed E-state index contributed by atoms with van der Waals surface area (Å²) in [7, 11) is 1.69. The molecule has 1 saturated heterocycles. The van der Waals surface area contributed by atoms with Crippen LogP contribution in [0, 0.1) is 0 Å². The van der Waals surface area contributed by atoms with E-state index >= 15 is 0 Å². The van der Waals surface area contributed by atoms with Crippen LogP contribution in [-0.2, 0) is 0 Å². The number of thiazole rings is 1. The van der Waals surface area contributed by atoms with E-state index in [1.807, 2.05) is 4.90 Å². The summed E-state index contributed by atoms with van der Waals surface area (Å²) in [6.07, 6.45) is 2.20. The highest BCUT2D eigenvalue weighted by atomic mass is 32.1. The summed E-state index contributed by atoms with van der Waals surface area (Å²) < 4.78 is 0. The van der Waals surface area contributed by atoms with Crippen molar-refractivity contribution in [3.05, 3.63) is 16.1 Å². The molecule has 4 nitrogen and oxygen atoms in total. The van der Waals surface area contributed by atoms with Gasteiger partial charge in [0, 0.05) is 31.4 Å². The van der Waals surface area contributed by atoms with Crippen LogP contribution in [0.4, 0.5) is 4.79 Å². The van der Waals surface area contributed by atoms with E-state index in [-0.39, 0.29) is 6.03 Å². The van der Waals surface area contributed by atoms with Gasteiger partial charge in [-0.2, -0.15) is 0 Å². The molecule has 0 radical (unpaired) electrons. The number of aromatic nitrogens is 1. The quantitative estimate of drug-likeness (QED) is 0.895. The minimum Gasteiger partial charge on any atom is -0.341 e. The minimum absolute atomic E-state index is 0.0281. The van der Waals surface area contributed by atoms with Gasteiger partial charge in [0.15, 0.2) is 0 Å². The number of hydrogen-bond acceptors (Lipinski definition) is 3. The number of amides is 2. The van der Waals surface area contributed by atoms with Gasteiger partial charge in [-0.25, -0.2) is 9.78 Å². The predicted molar refractivity (Wildman–Crippen MR) is 74.2 cm³/mol. The first-order chi connectivity index (χ1) is 8.61. The third-order valence-corrected chi connectivity index (χ3v) is 4.43. The van der Waals surface area contributed by atoms with E-state index in [0.29, 0.717) is 11.8 Å². The lowest BCUT2D eigenvalue weighted by atomic mass is 9.99. The van der Waals surface area contributed by atoms with Crippen LogP contribution in [0.5, 0.6) is 0 Å². The molecule has 0 spiro atoms. The van der Waals surface area contributed by atoms with Crippen molar-refractivity contribution in [1.82, 2.24) is 15.2 Å². The summed E-state index contributed by atoms with van der Waals surface area (Å²) in [5.41, 5.74) is 1.17. The SMILES string of the molecule is CNC(=O)N1CCC[C@H](c2nc(C(C)C)cs2)C1. The fourth-order valence-corrected chi connectivity index (χ4v) is 3.38. The topological polar surface area (TPSA) is 45.2 Å². The zero-order valence-corrected chi connectivity index (χ0v) is 12.1. The van der Waals surface area contributed by atoms with Crippen molar-refractivity contribution in [3.8, 4) is 0 Å². The number of hydrogen-bond donors (Lipinski definition) is 1. The normalized spacial score (nSPS) is 20.2. The molecule has 18 heavy (non-hydrogen) atoms. The molecule has 1 aromatic heterocycles. The van der Waals surface area contributed by atoms with Gasteiger partial charge in [-0.3, -0.25) is 0 Å². The lowest BCUT2D eigenvalue weighted by Crippen LogP contribution is -2.43. The third-order valence-electron chi connectivity index (χ3n) is 3.40. The number of rotatable bonds is 2. The number of likely N-dealkylation sites (tertiary alicyclic amines) is 1. The summed E-state index contributed by atoms with van der Waals surface area (Å²) in [6.45, 7) is 5.98. The molecule has 0 bridgehead atoms. The average Bonchev–Trinajstić information content (AvgIpc) is 2.88. The van der Waals surface area contributed by atoms with Crippen molar-refractivity contribution in [1.29, 1.82) is 0 Å². The monoisotopic (exact) mass is 267 g/mol. The first kappa shape index (κ1) is 13.3. The van der Waals surface area contributed by atoms with Gasteiger partial charge in [-0.05, 0) is 18.8 Å². The Kier molecular flexibility index (Phi) is 4.22. The Morgan fingerprint density at radius 3 is 3.00 bits per heavy atom. The summed E-state index contributed by atoms with van der Waals surface area (Å²) in [6, 6.07) is 0.0281. The first-order valence-electron chi connectivity index (χ1n) is 6.53. The molecule has 2 rings (SSSR count). The Balaban J connectivity index is 2.05. The van der Waals surface area contributed by atoms with Crippen molar-refractivity contribution in [2.75, 3.05) is 20.1 Å². The van der Waals surface area contributed by atoms with Crippen LogP contribution >= 0.6 is 11.3 Å². The molecule has 0 saturated carbocycles. The zero-order chi connectivity index (χ0) is 13.1. The number of carbonyl (C=O) groups excluding carboxylic acids is 1. The summed E-state index contributed by atoms with van der Waals surface area (Å²) in [4.78, 5) is 18.3. The number of nitrogens with zero attached hydrogens (tertiary/aromatic N) is 2. The van der Waals surface area contributed by atoms with Gasteiger partial charge in [-0.1, -0.05) is 13.8 Å². The van der Waals surface area contributed by atoms with E-state index in [4.69, 9.17) is 4.98 Å². The van der Waals surface area contributed by atoms with Gasteiger partial charge in [0.25, 0.3) is 0 Å². The molecule has 5 heteroatoms. The highest BCUT2D eigenvalue weighted by Gasteiger charge is 2.26. The molecule has 1 N–H and O–H groups in total. The Hall–Kier alpha value is -1.10. The molecule has 0 aromatic carbocycles. The van der Waals surface area contributed by atoms with Crippen LogP contribution in [-0.4, -0.2) is 36.1 Å². The van der Waals surface area contributed by atoms with Crippen LogP contribution in [0.3, 0.4) is 0 Å². The van der Waals surface area contributed by atoms with Crippen LogP contribution in [0.1, 0.15) is 49.2 Å². The van der Waals surface area contributed by atoms with E-state index in [2.05, 4.69) is 24.5 Å². The van der Waals surface area contributed by atoms with Gasteiger partial charge >= 0.3 is 6.03 Å². The number of carbonyl (C=O) groups is 1. The molecule has 1 fully saturated rings. The summed E-state index contributed by atoms with van der Waals surface area (Å²) in [5, 5.41) is 6.04. The Morgan fingerprint density at radius 2 is 2.39 bits per heavy atom.